The molecule has 0 unspecified atom stereocenters. The number of rotatable bonds is 6. The summed E-state index contributed by atoms with van der Waals surface area (Å²) in [4.78, 5) is 19.8. The topological polar surface area (TPSA) is 64.7 Å². The van der Waals surface area contributed by atoms with Crippen LogP contribution in [-0.4, -0.2) is 19.9 Å². The highest BCUT2D eigenvalue weighted by Gasteiger charge is 2.17. The van der Waals surface area contributed by atoms with Crippen molar-refractivity contribution >= 4 is 21.9 Å². The van der Waals surface area contributed by atoms with Crippen LogP contribution in [0, 0.1) is 0 Å². The molecule has 2 aromatic heterocycles. The van der Waals surface area contributed by atoms with Crippen LogP contribution in [0.3, 0.4) is 0 Å². The summed E-state index contributed by atoms with van der Waals surface area (Å²) in [5, 5.41) is 2.15. The third-order valence-electron chi connectivity index (χ3n) is 8.80. The lowest BCUT2D eigenvalue weighted by molar-refractivity contribution is 0.620. The van der Waals surface area contributed by atoms with E-state index in [1.54, 1.807) is 0 Å². The second-order valence-electron chi connectivity index (χ2n) is 11.9. The number of aromatic nitrogens is 4. The Hall–Kier alpha value is -6.72. The van der Waals surface area contributed by atoms with E-state index >= 15 is 0 Å². The van der Waals surface area contributed by atoms with Gasteiger partial charge in [0, 0.05) is 22.3 Å². The van der Waals surface area contributed by atoms with Crippen LogP contribution in [0.4, 0.5) is 0 Å². The zero-order valence-corrected chi connectivity index (χ0v) is 26.4. The Bertz CT molecular complexity index is 2580. The van der Waals surface area contributed by atoms with E-state index in [9.17, 15) is 0 Å². The van der Waals surface area contributed by atoms with Crippen LogP contribution in [0.2, 0.25) is 0 Å². The highest BCUT2D eigenvalue weighted by Crippen LogP contribution is 2.37. The molecule has 7 aromatic carbocycles. The summed E-state index contributed by atoms with van der Waals surface area (Å²) in [5.74, 6) is 2.49. The second kappa shape index (κ2) is 12.1. The Balaban J connectivity index is 1.16. The van der Waals surface area contributed by atoms with Gasteiger partial charge in [0.15, 0.2) is 23.1 Å². The van der Waals surface area contributed by atoms with Crippen LogP contribution < -0.4 is 0 Å². The number of oxazole rings is 1. The highest BCUT2D eigenvalue weighted by atomic mass is 16.3. The molecular weight excluding hydrogens is 601 g/mol. The molecule has 2 heterocycles. The van der Waals surface area contributed by atoms with E-state index in [0.717, 1.165) is 60.8 Å². The molecular formula is C44H28N4O. The first kappa shape index (κ1) is 28.5. The fourth-order valence-corrected chi connectivity index (χ4v) is 6.33. The Morgan fingerprint density at radius 2 is 0.796 bits per heavy atom. The number of hydrogen-bond acceptors (Lipinski definition) is 5. The lowest BCUT2D eigenvalue weighted by Crippen LogP contribution is -2.00. The van der Waals surface area contributed by atoms with Crippen molar-refractivity contribution in [3.8, 4) is 67.9 Å². The van der Waals surface area contributed by atoms with Gasteiger partial charge < -0.3 is 4.42 Å². The molecule has 0 bridgehead atoms. The molecule has 0 N–H and O–H groups in total. The molecule has 0 aliphatic carbocycles. The van der Waals surface area contributed by atoms with Gasteiger partial charge in [-0.1, -0.05) is 140 Å². The fourth-order valence-electron chi connectivity index (χ4n) is 6.33. The van der Waals surface area contributed by atoms with E-state index in [1.807, 2.05) is 72.8 Å². The van der Waals surface area contributed by atoms with Gasteiger partial charge in [0.1, 0.15) is 5.52 Å². The summed E-state index contributed by atoms with van der Waals surface area (Å²) in [7, 11) is 0. The molecule has 9 aromatic rings. The van der Waals surface area contributed by atoms with Crippen molar-refractivity contribution in [3.63, 3.8) is 0 Å². The maximum absolute atomic E-state index is 6.23. The van der Waals surface area contributed by atoms with Crippen LogP contribution in [0.25, 0.3) is 89.7 Å². The first-order valence-electron chi connectivity index (χ1n) is 16.2. The van der Waals surface area contributed by atoms with Crippen molar-refractivity contribution in [1.29, 1.82) is 0 Å². The SMILES string of the molecule is c1ccc(-c2ccc(-c3nc(-c4ccccc4)nc(-c4ccc(-c5ccc6nc(-c7ccccc7)oc6c5)c5ccccc45)n3)cc2)cc1. The van der Waals surface area contributed by atoms with Crippen LogP contribution in [0.1, 0.15) is 0 Å². The first-order chi connectivity index (χ1) is 24.3. The van der Waals surface area contributed by atoms with E-state index in [2.05, 4.69) is 97.1 Å². The second-order valence-corrected chi connectivity index (χ2v) is 11.9. The van der Waals surface area contributed by atoms with Gasteiger partial charge in [-0.25, -0.2) is 19.9 Å². The maximum Gasteiger partial charge on any atom is 0.227 e. The van der Waals surface area contributed by atoms with E-state index in [1.165, 1.54) is 5.56 Å². The van der Waals surface area contributed by atoms with Crippen molar-refractivity contribution in [2.45, 2.75) is 0 Å². The largest absolute Gasteiger partial charge is 0.436 e. The van der Waals surface area contributed by atoms with Gasteiger partial charge in [0.25, 0.3) is 0 Å². The van der Waals surface area contributed by atoms with Gasteiger partial charge >= 0.3 is 0 Å². The lowest BCUT2D eigenvalue weighted by atomic mass is 9.94. The van der Waals surface area contributed by atoms with E-state index in [4.69, 9.17) is 24.4 Å². The smallest absolute Gasteiger partial charge is 0.227 e. The Morgan fingerprint density at radius 3 is 1.47 bits per heavy atom. The minimum Gasteiger partial charge on any atom is -0.436 e. The average molecular weight is 629 g/mol. The number of fused-ring (bicyclic) bond motifs is 2. The predicted octanol–water partition coefficient (Wildman–Crippen LogP) is 11.2. The van der Waals surface area contributed by atoms with Crippen LogP contribution >= 0.6 is 0 Å². The Morgan fingerprint density at radius 1 is 0.327 bits per heavy atom. The molecule has 230 valence electrons. The zero-order valence-electron chi connectivity index (χ0n) is 26.4. The number of nitrogens with zero attached hydrogens (tertiary/aromatic N) is 4. The van der Waals surface area contributed by atoms with Crippen LogP contribution in [0.15, 0.2) is 174 Å². The molecule has 0 radical (unpaired) electrons. The standard InChI is InChI=1S/C44H28N4O/c1-4-12-29(13-5-1)30-20-22-32(23-21-30)42-46-41(31-14-6-2-7-15-31)47-43(48-42)38-26-25-35(36-18-10-11-19-37(36)38)34-24-27-39-40(28-34)49-44(45-39)33-16-8-3-9-17-33/h1-28H. The quantitative estimate of drug-likeness (QED) is 0.183. The van der Waals surface area contributed by atoms with Gasteiger partial charge in [-0.15, -0.1) is 0 Å². The van der Waals surface area contributed by atoms with Crippen molar-refractivity contribution in [2.24, 2.45) is 0 Å². The van der Waals surface area contributed by atoms with Gasteiger partial charge in [0.05, 0.1) is 0 Å². The minimum absolute atomic E-state index is 0.613. The Labute approximate surface area is 283 Å². The van der Waals surface area contributed by atoms with E-state index in [-0.39, 0.29) is 0 Å². The molecule has 0 fully saturated rings. The van der Waals surface area contributed by atoms with Crippen molar-refractivity contribution < 1.29 is 4.42 Å². The molecule has 5 nitrogen and oxygen atoms in total. The fraction of sp³-hybridized carbons (Fsp3) is 0. The zero-order chi connectivity index (χ0) is 32.6. The third kappa shape index (κ3) is 5.43. The molecule has 0 saturated carbocycles. The van der Waals surface area contributed by atoms with E-state index in [0.29, 0.717) is 23.4 Å². The molecule has 0 amide bonds. The average Bonchev–Trinajstić information content (AvgIpc) is 3.62. The van der Waals surface area contributed by atoms with Gasteiger partial charge in [-0.05, 0) is 63.4 Å². The molecule has 9 rings (SSSR count). The number of hydrogen-bond donors (Lipinski definition) is 0. The maximum atomic E-state index is 6.23. The normalized spacial score (nSPS) is 11.3. The minimum atomic E-state index is 0.613. The first-order valence-corrected chi connectivity index (χ1v) is 16.2. The summed E-state index contributed by atoms with van der Waals surface area (Å²) in [6, 6.07) is 57.7. The summed E-state index contributed by atoms with van der Waals surface area (Å²) in [6.45, 7) is 0. The van der Waals surface area contributed by atoms with Gasteiger partial charge in [0.2, 0.25) is 5.89 Å². The summed E-state index contributed by atoms with van der Waals surface area (Å²) in [6.07, 6.45) is 0. The summed E-state index contributed by atoms with van der Waals surface area (Å²) >= 11 is 0. The summed E-state index contributed by atoms with van der Waals surface area (Å²) in [5.41, 5.74) is 9.77. The third-order valence-corrected chi connectivity index (χ3v) is 8.80. The van der Waals surface area contributed by atoms with Crippen molar-refractivity contribution in [2.75, 3.05) is 0 Å². The van der Waals surface area contributed by atoms with Crippen LogP contribution in [0.5, 0.6) is 0 Å². The number of benzene rings is 7. The molecule has 49 heavy (non-hydrogen) atoms. The molecule has 0 atom stereocenters. The molecule has 0 spiro atoms. The molecule has 0 aliphatic rings. The molecule has 0 aliphatic heterocycles. The van der Waals surface area contributed by atoms with Gasteiger partial charge in [-0.2, -0.15) is 0 Å². The lowest BCUT2D eigenvalue weighted by Gasteiger charge is -2.13. The van der Waals surface area contributed by atoms with E-state index < -0.39 is 0 Å². The van der Waals surface area contributed by atoms with Crippen molar-refractivity contribution in [3.05, 3.63) is 170 Å². The highest BCUT2D eigenvalue weighted by molar-refractivity contribution is 6.05. The monoisotopic (exact) mass is 628 g/mol. The summed E-state index contributed by atoms with van der Waals surface area (Å²) < 4.78 is 6.23. The molecule has 5 heteroatoms. The van der Waals surface area contributed by atoms with Crippen molar-refractivity contribution in [1.82, 2.24) is 19.9 Å². The van der Waals surface area contributed by atoms with Gasteiger partial charge in [-0.3, -0.25) is 0 Å². The van der Waals surface area contributed by atoms with Crippen LogP contribution in [-0.2, 0) is 0 Å². The predicted molar refractivity (Wildman–Crippen MR) is 198 cm³/mol. The Kier molecular flexibility index (Phi) is 7.06. The molecule has 0 saturated heterocycles.